The summed E-state index contributed by atoms with van der Waals surface area (Å²) in [6.07, 6.45) is 1.68. The number of rotatable bonds is 2. The van der Waals surface area contributed by atoms with E-state index in [-0.39, 0.29) is 22.7 Å². The number of carbonyl (C=O) groups excluding carboxylic acids is 1. The maximum absolute atomic E-state index is 12.9. The fraction of sp³-hybridized carbons (Fsp3) is 0.591. The largest absolute Gasteiger partial charge is 0.337 e. The van der Waals surface area contributed by atoms with Crippen molar-refractivity contribution >= 4 is 11.6 Å². The molecule has 0 aromatic carbocycles. The Morgan fingerprint density at radius 1 is 1.03 bits per heavy atom. The van der Waals surface area contributed by atoms with Crippen LogP contribution in [0.1, 0.15) is 88.0 Å². The zero-order valence-corrected chi connectivity index (χ0v) is 18.7. The van der Waals surface area contributed by atoms with Gasteiger partial charge in [-0.1, -0.05) is 41.5 Å². The molecule has 30 heavy (non-hydrogen) atoms. The molecule has 0 radical (unpaired) electrons. The van der Waals surface area contributed by atoms with E-state index >= 15 is 0 Å². The second-order valence-electron chi connectivity index (χ2n) is 10.3. The van der Waals surface area contributed by atoms with E-state index in [9.17, 15) is 4.79 Å². The summed E-state index contributed by atoms with van der Waals surface area (Å²) in [4.78, 5) is 14.8. The Labute approximate surface area is 177 Å². The number of H-pyrrole nitrogens is 1. The molecule has 1 aliphatic rings. The van der Waals surface area contributed by atoms with Crippen molar-refractivity contribution in [3.05, 3.63) is 41.1 Å². The summed E-state index contributed by atoms with van der Waals surface area (Å²) in [6.45, 7) is 14.1. The van der Waals surface area contributed by atoms with Crippen LogP contribution in [-0.4, -0.2) is 53.9 Å². The van der Waals surface area contributed by atoms with Crippen molar-refractivity contribution in [3.63, 3.8) is 0 Å². The molecule has 4 heterocycles. The average Bonchev–Trinajstić information content (AvgIpc) is 3.33. The van der Waals surface area contributed by atoms with E-state index in [4.69, 9.17) is 5.10 Å². The topological polar surface area (TPSA) is 92.1 Å². The highest BCUT2D eigenvalue weighted by atomic mass is 16.2. The summed E-state index contributed by atoms with van der Waals surface area (Å²) in [5, 5.41) is 20.8. The number of aromatic amines is 1. The van der Waals surface area contributed by atoms with Gasteiger partial charge in [0.25, 0.3) is 5.91 Å². The zero-order chi connectivity index (χ0) is 21.7. The molecular weight excluding hydrogens is 378 g/mol. The quantitative estimate of drug-likeness (QED) is 0.700. The molecule has 1 N–H and O–H groups in total. The molecule has 0 bridgehead atoms. The van der Waals surface area contributed by atoms with Crippen molar-refractivity contribution in [3.8, 4) is 0 Å². The summed E-state index contributed by atoms with van der Waals surface area (Å²) in [5.74, 6) is 1.11. The van der Waals surface area contributed by atoms with E-state index in [1.54, 1.807) is 0 Å². The lowest BCUT2D eigenvalue weighted by molar-refractivity contribution is 0.0704. The molecule has 0 aliphatic carbocycles. The molecule has 4 rings (SSSR count). The average molecular weight is 410 g/mol. The second kappa shape index (κ2) is 7.18. The van der Waals surface area contributed by atoms with Crippen molar-refractivity contribution < 1.29 is 4.79 Å². The van der Waals surface area contributed by atoms with Gasteiger partial charge in [-0.2, -0.15) is 14.7 Å². The lowest BCUT2D eigenvalue weighted by Gasteiger charge is -2.30. The van der Waals surface area contributed by atoms with Gasteiger partial charge in [-0.05, 0) is 31.0 Å². The molecule has 1 aliphatic heterocycles. The van der Waals surface area contributed by atoms with Gasteiger partial charge in [0.2, 0.25) is 0 Å². The number of fused-ring (bicyclic) bond motifs is 1. The van der Waals surface area contributed by atoms with Crippen LogP contribution in [0.4, 0.5) is 0 Å². The van der Waals surface area contributed by atoms with Crippen LogP contribution in [0.25, 0.3) is 5.65 Å². The Morgan fingerprint density at radius 2 is 1.73 bits per heavy atom. The summed E-state index contributed by atoms with van der Waals surface area (Å²) in [6, 6.07) is 5.87. The minimum atomic E-state index is -0.0633. The third-order valence-electron chi connectivity index (χ3n) is 5.81. The second-order valence-corrected chi connectivity index (χ2v) is 10.3. The summed E-state index contributed by atoms with van der Waals surface area (Å²) < 4.78 is 1.88. The first-order chi connectivity index (χ1) is 14.0. The van der Waals surface area contributed by atoms with Gasteiger partial charge >= 0.3 is 0 Å². The van der Waals surface area contributed by atoms with Crippen LogP contribution in [0.3, 0.4) is 0 Å². The summed E-state index contributed by atoms with van der Waals surface area (Å²) in [7, 11) is 0. The predicted molar refractivity (Wildman–Crippen MR) is 115 cm³/mol. The number of likely N-dealkylation sites (tertiary alicyclic amines) is 1. The van der Waals surface area contributed by atoms with Crippen LogP contribution in [-0.2, 0) is 10.8 Å². The summed E-state index contributed by atoms with van der Waals surface area (Å²) in [5.41, 5.74) is 3.13. The van der Waals surface area contributed by atoms with Crippen molar-refractivity contribution in [1.82, 2.24) is 34.9 Å². The molecule has 0 unspecified atom stereocenters. The third-order valence-corrected chi connectivity index (χ3v) is 5.81. The SMILES string of the molecule is CC(C)(C)c1ccc2nnc(C3CCN(C(=O)c4cc(C(C)(C)C)[nH]n4)CC3)n2n1. The highest BCUT2D eigenvalue weighted by molar-refractivity contribution is 5.92. The first kappa shape index (κ1) is 20.5. The smallest absolute Gasteiger partial charge is 0.274 e. The van der Waals surface area contributed by atoms with Gasteiger partial charge in [0, 0.05) is 35.5 Å². The van der Waals surface area contributed by atoms with Gasteiger partial charge in [0.05, 0.1) is 5.69 Å². The molecule has 0 atom stereocenters. The molecule has 3 aromatic heterocycles. The number of nitrogens with zero attached hydrogens (tertiary/aromatic N) is 6. The van der Waals surface area contributed by atoms with Gasteiger partial charge in [0.15, 0.2) is 11.5 Å². The molecular formula is C22H31N7O. The van der Waals surface area contributed by atoms with Crippen molar-refractivity contribution in [2.45, 2.75) is 71.1 Å². The molecule has 160 valence electrons. The van der Waals surface area contributed by atoms with E-state index in [1.807, 2.05) is 27.6 Å². The van der Waals surface area contributed by atoms with Crippen LogP contribution in [0.15, 0.2) is 18.2 Å². The lowest BCUT2D eigenvalue weighted by atomic mass is 9.92. The van der Waals surface area contributed by atoms with E-state index in [1.165, 1.54) is 0 Å². The Hall–Kier alpha value is -2.77. The van der Waals surface area contributed by atoms with Crippen LogP contribution in [0.2, 0.25) is 0 Å². The van der Waals surface area contributed by atoms with Crippen molar-refractivity contribution in [1.29, 1.82) is 0 Å². The molecule has 0 spiro atoms. The molecule has 8 nitrogen and oxygen atoms in total. The van der Waals surface area contributed by atoms with Gasteiger partial charge in [-0.3, -0.25) is 9.89 Å². The number of hydrogen-bond donors (Lipinski definition) is 1. The monoisotopic (exact) mass is 409 g/mol. The molecule has 8 heteroatoms. The van der Waals surface area contributed by atoms with Crippen LogP contribution in [0.5, 0.6) is 0 Å². The maximum atomic E-state index is 12.9. The fourth-order valence-corrected chi connectivity index (χ4v) is 3.78. The van der Waals surface area contributed by atoms with Crippen LogP contribution < -0.4 is 0 Å². The number of aromatic nitrogens is 6. The zero-order valence-electron chi connectivity index (χ0n) is 18.7. The number of piperidine rings is 1. The van der Waals surface area contributed by atoms with E-state index < -0.39 is 0 Å². The molecule has 1 amide bonds. The number of carbonyl (C=O) groups is 1. The number of hydrogen-bond acceptors (Lipinski definition) is 5. The Bertz CT molecular complexity index is 1060. The van der Waals surface area contributed by atoms with Gasteiger partial charge < -0.3 is 4.90 Å². The van der Waals surface area contributed by atoms with Crippen LogP contribution in [0, 0.1) is 0 Å². The van der Waals surface area contributed by atoms with E-state index in [2.05, 4.69) is 61.9 Å². The molecule has 3 aromatic rings. The first-order valence-corrected chi connectivity index (χ1v) is 10.6. The van der Waals surface area contributed by atoms with Crippen LogP contribution >= 0.6 is 0 Å². The van der Waals surface area contributed by atoms with Gasteiger partial charge in [0.1, 0.15) is 5.69 Å². The fourth-order valence-electron chi connectivity index (χ4n) is 3.78. The minimum Gasteiger partial charge on any atom is -0.337 e. The standard InChI is InChI=1S/C22H31N7O/c1-21(2,3)16-7-8-18-25-26-19(29(18)27-16)14-9-11-28(12-10-14)20(30)15-13-17(24-23-15)22(4,5)6/h7-8,13-14H,9-12H2,1-6H3,(H,23,24). The molecule has 1 fully saturated rings. The molecule has 0 saturated carbocycles. The Balaban J connectivity index is 1.48. The predicted octanol–water partition coefficient (Wildman–Crippen LogP) is 3.46. The van der Waals surface area contributed by atoms with Crippen molar-refractivity contribution in [2.24, 2.45) is 0 Å². The van der Waals surface area contributed by atoms with E-state index in [0.29, 0.717) is 18.8 Å². The maximum Gasteiger partial charge on any atom is 0.274 e. The Morgan fingerprint density at radius 3 is 2.33 bits per heavy atom. The third kappa shape index (κ3) is 3.82. The Kier molecular flexibility index (Phi) is 4.91. The minimum absolute atomic E-state index is 0.0144. The van der Waals surface area contributed by atoms with Gasteiger partial charge in [-0.25, -0.2) is 0 Å². The highest BCUT2D eigenvalue weighted by Gasteiger charge is 2.30. The van der Waals surface area contributed by atoms with Crippen molar-refractivity contribution in [2.75, 3.05) is 13.1 Å². The van der Waals surface area contributed by atoms with E-state index in [0.717, 1.165) is 35.7 Å². The number of nitrogens with one attached hydrogen (secondary N) is 1. The van der Waals surface area contributed by atoms with Gasteiger partial charge in [-0.15, -0.1) is 10.2 Å². The highest BCUT2D eigenvalue weighted by Crippen LogP contribution is 2.29. The molecule has 1 saturated heterocycles. The first-order valence-electron chi connectivity index (χ1n) is 10.6. The lowest BCUT2D eigenvalue weighted by Crippen LogP contribution is -2.38. The summed E-state index contributed by atoms with van der Waals surface area (Å²) >= 11 is 0. The number of amides is 1. The normalized spacial score (nSPS) is 16.4.